The fraction of sp³-hybridized carbons (Fsp3) is 0.562. The lowest BCUT2D eigenvalue weighted by Crippen LogP contribution is -2.51. The Morgan fingerprint density at radius 3 is 2.73 bits per heavy atom. The number of para-hydroxylation sites is 1. The summed E-state index contributed by atoms with van der Waals surface area (Å²) >= 11 is 1.91. The van der Waals surface area contributed by atoms with Gasteiger partial charge in [-0.1, -0.05) is 12.1 Å². The van der Waals surface area contributed by atoms with Crippen LogP contribution in [0.4, 0.5) is 10.1 Å². The van der Waals surface area contributed by atoms with Crippen molar-refractivity contribution in [2.75, 3.05) is 49.1 Å². The molecule has 0 aromatic heterocycles. The summed E-state index contributed by atoms with van der Waals surface area (Å²) in [7, 11) is 0. The van der Waals surface area contributed by atoms with Crippen molar-refractivity contribution in [2.45, 2.75) is 12.5 Å². The van der Waals surface area contributed by atoms with Crippen LogP contribution >= 0.6 is 11.8 Å². The summed E-state index contributed by atoms with van der Waals surface area (Å²) in [5.41, 5.74) is 0.639. The SMILES string of the molecule is O=C(CC1CSCCN1)N1CCN(c2ccccc2F)CC1. The zero-order chi connectivity index (χ0) is 15.4. The second-order valence-electron chi connectivity index (χ2n) is 5.75. The molecule has 3 rings (SSSR count). The second kappa shape index (κ2) is 7.33. The van der Waals surface area contributed by atoms with Gasteiger partial charge in [0.2, 0.25) is 5.91 Å². The van der Waals surface area contributed by atoms with E-state index >= 15 is 0 Å². The molecule has 0 bridgehead atoms. The number of carbonyl (C=O) groups excluding carboxylic acids is 1. The molecule has 120 valence electrons. The van der Waals surface area contributed by atoms with Gasteiger partial charge in [-0.25, -0.2) is 4.39 Å². The van der Waals surface area contributed by atoms with Gasteiger partial charge in [-0.3, -0.25) is 4.79 Å². The van der Waals surface area contributed by atoms with Gasteiger partial charge in [-0.2, -0.15) is 11.8 Å². The van der Waals surface area contributed by atoms with E-state index in [1.807, 2.05) is 27.6 Å². The van der Waals surface area contributed by atoms with E-state index in [-0.39, 0.29) is 11.7 Å². The van der Waals surface area contributed by atoms with Gasteiger partial charge in [0.15, 0.2) is 0 Å². The molecule has 0 aliphatic carbocycles. The number of thioether (sulfide) groups is 1. The zero-order valence-electron chi connectivity index (χ0n) is 12.6. The number of nitrogens with one attached hydrogen (secondary N) is 1. The molecule has 1 aromatic carbocycles. The molecule has 1 aromatic rings. The third-order valence-electron chi connectivity index (χ3n) is 4.24. The summed E-state index contributed by atoms with van der Waals surface area (Å²) in [5.74, 6) is 2.17. The molecule has 1 atom stereocenters. The van der Waals surface area contributed by atoms with Crippen molar-refractivity contribution in [1.29, 1.82) is 0 Å². The molecule has 2 aliphatic heterocycles. The summed E-state index contributed by atoms with van der Waals surface area (Å²) < 4.78 is 13.8. The minimum Gasteiger partial charge on any atom is -0.366 e. The molecule has 0 radical (unpaired) electrons. The van der Waals surface area contributed by atoms with Gasteiger partial charge in [0.05, 0.1) is 5.69 Å². The Balaban J connectivity index is 1.51. The number of amides is 1. The standard InChI is InChI=1S/C16H22FN3OS/c17-14-3-1-2-4-15(14)19-6-8-20(9-7-19)16(21)11-13-12-22-10-5-18-13/h1-4,13,18H,5-12H2. The van der Waals surface area contributed by atoms with Gasteiger partial charge < -0.3 is 15.1 Å². The molecule has 1 unspecified atom stereocenters. The van der Waals surface area contributed by atoms with E-state index in [2.05, 4.69) is 5.32 Å². The molecule has 22 heavy (non-hydrogen) atoms. The Labute approximate surface area is 135 Å². The third kappa shape index (κ3) is 3.73. The highest BCUT2D eigenvalue weighted by atomic mass is 32.2. The lowest BCUT2D eigenvalue weighted by atomic mass is 10.2. The monoisotopic (exact) mass is 323 g/mol. The average molecular weight is 323 g/mol. The molecule has 2 aliphatic rings. The van der Waals surface area contributed by atoms with Gasteiger partial charge in [0.25, 0.3) is 0 Å². The van der Waals surface area contributed by atoms with Crippen LogP contribution in [0.2, 0.25) is 0 Å². The Bertz CT molecular complexity index is 514. The molecule has 0 spiro atoms. The number of hydrogen-bond donors (Lipinski definition) is 1. The van der Waals surface area contributed by atoms with Crippen LogP contribution in [-0.4, -0.2) is 61.1 Å². The number of carbonyl (C=O) groups is 1. The van der Waals surface area contributed by atoms with E-state index in [4.69, 9.17) is 0 Å². The van der Waals surface area contributed by atoms with Gasteiger partial charge in [0.1, 0.15) is 5.82 Å². The van der Waals surface area contributed by atoms with E-state index in [0.29, 0.717) is 44.3 Å². The first-order valence-electron chi connectivity index (χ1n) is 7.82. The van der Waals surface area contributed by atoms with Crippen molar-refractivity contribution >= 4 is 23.4 Å². The highest BCUT2D eigenvalue weighted by Gasteiger charge is 2.25. The van der Waals surface area contributed by atoms with E-state index < -0.39 is 0 Å². The largest absolute Gasteiger partial charge is 0.366 e. The van der Waals surface area contributed by atoms with E-state index in [1.165, 1.54) is 6.07 Å². The summed E-state index contributed by atoms with van der Waals surface area (Å²) in [5, 5.41) is 3.40. The van der Waals surface area contributed by atoms with Gasteiger partial charge >= 0.3 is 0 Å². The smallest absolute Gasteiger partial charge is 0.224 e. The van der Waals surface area contributed by atoms with E-state index in [0.717, 1.165) is 18.1 Å². The number of nitrogens with zero attached hydrogens (tertiary/aromatic N) is 2. The minimum absolute atomic E-state index is 0.189. The summed E-state index contributed by atoms with van der Waals surface area (Å²) in [6, 6.07) is 7.14. The topological polar surface area (TPSA) is 35.6 Å². The number of anilines is 1. The highest BCUT2D eigenvalue weighted by molar-refractivity contribution is 7.99. The molecule has 2 heterocycles. The van der Waals surface area contributed by atoms with Crippen LogP contribution in [0.3, 0.4) is 0 Å². The van der Waals surface area contributed by atoms with Crippen LogP contribution in [0.25, 0.3) is 0 Å². The molecule has 1 amide bonds. The first-order chi connectivity index (χ1) is 10.7. The van der Waals surface area contributed by atoms with Crippen LogP contribution in [-0.2, 0) is 4.79 Å². The van der Waals surface area contributed by atoms with Crippen molar-refractivity contribution in [3.8, 4) is 0 Å². The van der Waals surface area contributed by atoms with Crippen LogP contribution in [0.15, 0.2) is 24.3 Å². The second-order valence-corrected chi connectivity index (χ2v) is 6.90. The lowest BCUT2D eigenvalue weighted by molar-refractivity contribution is -0.131. The third-order valence-corrected chi connectivity index (χ3v) is 5.38. The van der Waals surface area contributed by atoms with Crippen molar-refractivity contribution in [2.24, 2.45) is 0 Å². The maximum Gasteiger partial charge on any atom is 0.224 e. The van der Waals surface area contributed by atoms with E-state index in [1.54, 1.807) is 12.1 Å². The molecular weight excluding hydrogens is 301 g/mol. The predicted octanol–water partition coefficient (Wildman–Crippen LogP) is 1.57. The molecule has 2 fully saturated rings. The fourth-order valence-corrected chi connectivity index (χ4v) is 3.94. The molecule has 4 nitrogen and oxygen atoms in total. The van der Waals surface area contributed by atoms with Crippen LogP contribution < -0.4 is 10.2 Å². The quantitative estimate of drug-likeness (QED) is 0.916. The first-order valence-corrected chi connectivity index (χ1v) is 8.98. The Morgan fingerprint density at radius 2 is 2.05 bits per heavy atom. The molecule has 1 N–H and O–H groups in total. The molecule has 0 saturated carbocycles. The van der Waals surface area contributed by atoms with Crippen LogP contribution in [0.5, 0.6) is 0 Å². The van der Waals surface area contributed by atoms with Crippen molar-refractivity contribution < 1.29 is 9.18 Å². The Hall–Kier alpha value is -1.27. The molecular formula is C16H22FN3OS. The predicted molar refractivity (Wildman–Crippen MR) is 88.9 cm³/mol. The number of hydrogen-bond acceptors (Lipinski definition) is 4. The number of benzene rings is 1. The van der Waals surface area contributed by atoms with Gasteiger partial charge in [-0.15, -0.1) is 0 Å². The number of piperazine rings is 1. The molecule has 2 saturated heterocycles. The highest BCUT2D eigenvalue weighted by Crippen LogP contribution is 2.20. The first kappa shape index (κ1) is 15.6. The number of rotatable bonds is 3. The maximum absolute atomic E-state index is 13.8. The summed E-state index contributed by atoms with van der Waals surface area (Å²) in [6.45, 7) is 3.72. The maximum atomic E-state index is 13.8. The number of halogens is 1. The molecule has 6 heteroatoms. The summed E-state index contributed by atoms with van der Waals surface area (Å²) in [6.07, 6.45) is 0.576. The lowest BCUT2D eigenvalue weighted by Gasteiger charge is -2.37. The van der Waals surface area contributed by atoms with Crippen LogP contribution in [0.1, 0.15) is 6.42 Å². The van der Waals surface area contributed by atoms with Crippen molar-refractivity contribution in [1.82, 2.24) is 10.2 Å². The van der Waals surface area contributed by atoms with Gasteiger partial charge in [-0.05, 0) is 12.1 Å². The zero-order valence-corrected chi connectivity index (χ0v) is 13.4. The fourth-order valence-electron chi connectivity index (χ4n) is 3.00. The van der Waals surface area contributed by atoms with Crippen molar-refractivity contribution in [3.63, 3.8) is 0 Å². The van der Waals surface area contributed by atoms with E-state index in [9.17, 15) is 9.18 Å². The Morgan fingerprint density at radius 1 is 1.27 bits per heavy atom. The average Bonchev–Trinajstić information content (AvgIpc) is 2.56. The van der Waals surface area contributed by atoms with Crippen molar-refractivity contribution in [3.05, 3.63) is 30.1 Å². The summed E-state index contributed by atoms with van der Waals surface area (Å²) in [4.78, 5) is 16.3. The normalized spacial score (nSPS) is 22.7. The Kier molecular flexibility index (Phi) is 5.20. The van der Waals surface area contributed by atoms with Gasteiger partial charge in [0, 0.05) is 56.7 Å². The van der Waals surface area contributed by atoms with Crippen LogP contribution in [0, 0.1) is 5.82 Å². The minimum atomic E-state index is -0.189.